The lowest BCUT2D eigenvalue weighted by Gasteiger charge is -2.49. The molecule has 0 bridgehead atoms. The van der Waals surface area contributed by atoms with E-state index in [2.05, 4.69) is 24.8 Å². The average molecular weight is 371 g/mol. The van der Waals surface area contributed by atoms with Crippen LogP contribution < -0.4 is 9.64 Å². The first-order valence-electron chi connectivity index (χ1n) is 9.89. The van der Waals surface area contributed by atoms with Gasteiger partial charge in [-0.05, 0) is 38.8 Å². The summed E-state index contributed by atoms with van der Waals surface area (Å²) in [6.07, 6.45) is 2.57. The molecule has 2 heterocycles. The van der Waals surface area contributed by atoms with Crippen LogP contribution in [0.1, 0.15) is 33.1 Å². The maximum absolute atomic E-state index is 13.1. The SMILES string of the molecule is COc1ccccc1N1CCN(C(=O)[C@@H]2CC(=O)N(C3CC3)C2)CC1(C)C. The Morgan fingerprint density at radius 2 is 1.93 bits per heavy atom. The van der Waals surface area contributed by atoms with Crippen LogP contribution in [0, 0.1) is 5.92 Å². The van der Waals surface area contributed by atoms with Crippen LogP contribution >= 0.6 is 0 Å². The Bertz CT molecular complexity index is 744. The zero-order chi connectivity index (χ0) is 19.2. The van der Waals surface area contributed by atoms with Crippen LogP contribution in [-0.2, 0) is 9.59 Å². The molecule has 2 aliphatic heterocycles. The normalized spacial score (nSPS) is 25.1. The molecule has 1 aliphatic carbocycles. The smallest absolute Gasteiger partial charge is 0.228 e. The van der Waals surface area contributed by atoms with Gasteiger partial charge in [-0.15, -0.1) is 0 Å². The number of benzene rings is 1. The number of hydrogen-bond donors (Lipinski definition) is 0. The van der Waals surface area contributed by atoms with Crippen LogP contribution in [0.25, 0.3) is 0 Å². The number of anilines is 1. The standard InChI is InChI=1S/C21H29N3O3/c1-21(2)14-22(10-11-24(21)17-6-4-5-7-18(17)27-3)20(26)15-12-19(25)23(13-15)16-8-9-16/h4-7,15-16H,8-14H2,1-3H3/t15-/m1/s1. The summed E-state index contributed by atoms with van der Waals surface area (Å²) in [5.41, 5.74) is 0.856. The number of ether oxygens (including phenoxy) is 1. The van der Waals surface area contributed by atoms with E-state index in [4.69, 9.17) is 4.74 Å². The van der Waals surface area contributed by atoms with Crippen LogP contribution in [0.5, 0.6) is 5.75 Å². The number of methoxy groups -OCH3 is 1. The summed E-state index contributed by atoms with van der Waals surface area (Å²) < 4.78 is 5.53. The lowest BCUT2D eigenvalue weighted by Crippen LogP contribution is -2.61. The van der Waals surface area contributed by atoms with Gasteiger partial charge in [0.25, 0.3) is 0 Å². The Hall–Kier alpha value is -2.24. The highest BCUT2D eigenvalue weighted by Gasteiger charge is 2.45. The predicted octanol–water partition coefficient (Wildman–Crippen LogP) is 2.13. The molecule has 0 unspecified atom stereocenters. The van der Waals surface area contributed by atoms with E-state index in [1.165, 1.54) is 0 Å². The van der Waals surface area contributed by atoms with Gasteiger partial charge >= 0.3 is 0 Å². The van der Waals surface area contributed by atoms with E-state index in [1.54, 1.807) is 7.11 Å². The predicted molar refractivity (Wildman–Crippen MR) is 104 cm³/mol. The van der Waals surface area contributed by atoms with Crippen molar-refractivity contribution in [2.75, 3.05) is 38.2 Å². The third kappa shape index (κ3) is 3.37. The topological polar surface area (TPSA) is 53.1 Å². The summed E-state index contributed by atoms with van der Waals surface area (Å²) in [5.74, 6) is 0.973. The minimum atomic E-state index is -0.207. The highest BCUT2D eigenvalue weighted by atomic mass is 16.5. The molecule has 6 nitrogen and oxygen atoms in total. The van der Waals surface area contributed by atoms with Gasteiger partial charge in [0.2, 0.25) is 11.8 Å². The average Bonchev–Trinajstić information content (AvgIpc) is 3.42. The molecule has 1 atom stereocenters. The van der Waals surface area contributed by atoms with Crippen molar-refractivity contribution in [3.63, 3.8) is 0 Å². The number of likely N-dealkylation sites (tertiary alicyclic amines) is 1. The lowest BCUT2D eigenvalue weighted by atomic mass is 9.95. The molecule has 0 aromatic heterocycles. The first kappa shape index (κ1) is 18.1. The molecule has 146 valence electrons. The number of carbonyl (C=O) groups excluding carboxylic acids is 2. The molecule has 1 saturated carbocycles. The van der Waals surface area contributed by atoms with E-state index in [0.717, 1.165) is 30.8 Å². The van der Waals surface area contributed by atoms with Gasteiger partial charge in [-0.25, -0.2) is 0 Å². The van der Waals surface area contributed by atoms with Gasteiger partial charge < -0.3 is 19.4 Å². The molecule has 27 heavy (non-hydrogen) atoms. The molecule has 1 aromatic rings. The van der Waals surface area contributed by atoms with Crippen molar-refractivity contribution in [2.45, 2.75) is 44.7 Å². The molecule has 1 aromatic carbocycles. The number of piperazine rings is 1. The minimum Gasteiger partial charge on any atom is -0.495 e. The minimum absolute atomic E-state index is 0.138. The fourth-order valence-corrected chi connectivity index (χ4v) is 4.54. The highest BCUT2D eigenvalue weighted by molar-refractivity contribution is 5.89. The van der Waals surface area contributed by atoms with Crippen molar-refractivity contribution < 1.29 is 14.3 Å². The van der Waals surface area contributed by atoms with E-state index < -0.39 is 0 Å². The number of hydrogen-bond acceptors (Lipinski definition) is 4. The summed E-state index contributed by atoms with van der Waals surface area (Å²) in [7, 11) is 1.69. The summed E-state index contributed by atoms with van der Waals surface area (Å²) in [6, 6.07) is 8.43. The van der Waals surface area contributed by atoms with Crippen molar-refractivity contribution in [1.29, 1.82) is 0 Å². The maximum atomic E-state index is 13.1. The molecule has 3 aliphatic rings. The fourth-order valence-electron chi connectivity index (χ4n) is 4.54. The van der Waals surface area contributed by atoms with Gasteiger partial charge in [0.1, 0.15) is 5.75 Å². The third-order valence-electron chi connectivity index (χ3n) is 6.08. The number of amides is 2. The highest BCUT2D eigenvalue weighted by Crippen LogP contribution is 2.36. The summed E-state index contributed by atoms with van der Waals surface area (Å²) in [4.78, 5) is 31.5. The van der Waals surface area contributed by atoms with Crippen molar-refractivity contribution >= 4 is 17.5 Å². The first-order chi connectivity index (χ1) is 12.9. The van der Waals surface area contributed by atoms with E-state index in [9.17, 15) is 9.59 Å². The summed E-state index contributed by atoms with van der Waals surface area (Å²) in [6.45, 7) is 7.01. The van der Waals surface area contributed by atoms with Crippen molar-refractivity contribution in [1.82, 2.24) is 9.80 Å². The Labute approximate surface area is 161 Å². The Morgan fingerprint density at radius 3 is 2.59 bits per heavy atom. The zero-order valence-electron chi connectivity index (χ0n) is 16.5. The molecule has 0 N–H and O–H groups in total. The van der Waals surface area contributed by atoms with Gasteiger partial charge in [0.05, 0.1) is 24.3 Å². The Balaban J connectivity index is 1.46. The molecule has 0 radical (unpaired) electrons. The second-order valence-corrected chi connectivity index (χ2v) is 8.57. The summed E-state index contributed by atoms with van der Waals surface area (Å²) >= 11 is 0. The molecule has 4 rings (SSSR count). The van der Waals surface area contributed by atoms with Gasteiger partial charge in [-0.2, -0.15) is 0 Å². The number of nitrogens with zero attached hydrogens (tertiary/aromatic N) is 3. The monoisotopic (exact) mass is 371 g/mol. The Morgan fingerprint density at radius 1 is 1.19 bits per heavy atom. The van der Waals surface area contributed by atoms with Crippen LogP contribution in [0.15, 0.2) is 24.3 Å². The first-order valence-corrected chi connectivity index (χ1v) is 9.89. The van der Waals surface area contributed by atoms with Gasteiger partial charge in [0, 0.05) is 38.6 Å². The zero-order valence-corrected chi connectivity index (χ0v) is 16.5. The van der Waals surface area contributed by atoms with Crippen molar-refractivity contribution in [2.24, 2.45) is 5.92 Å². The molecule has 3 fully saturated rings. The number of carbonyl (C=O) groups is 2. The van der Waals surface area contributed by atoms with Crippen LogP contribution in [-0.4, -0.2) is 66.5 Å². The van der Waals surface area contributed by atoms with Crippen molar-refractivity contribution in [3.05, 3.63) is 24.3 Å². The second-order valence-electron chi connectivity index (χ2n) is 8.57. The molecular formula is C21H29N3O3. The summed E-state index contributed by atoms with van der Waals surface area (Å²) in [5, 5.41) is 0. The second kappa shape index (κ2) is 6.73. The van der Waals surface area contributed by atoms with Crippen LogP contribution in [0.3, 0.4) is 0 Å². The molecule has 2 saturated heterocycles. The quantitative estimate of drug-likeness (QED) is 0.814. The largest absolute Gasteiger partial charge is 0.495 e. The maximum Gasteiger partial charge on any atom is 0.228 e. The van der Waals surface area contributed by atoms with Gasteiger partial charge in [-0.1, -0.05) is 12.1 Å². The van der Waals surface area contributed by atoms with Crippen molar-refractivity contribution in [3.8, 4) is 5.75 Å². The molecule has 6 heteroatoms. The Kier molecular flexibility index (Phi) is 4.52. The third-order valence-corrected chi connectivity index (χ3v) is 6.08. The van der Waals surface area contributed by atoms with E-state index in [1.807, 2.05) is 28.0 Å². The molecular weight excluding hydrogens is 342 g/mol. The lowest BCUT2D eigenvalue weighted by molar-refractivity contribution is -0.137. The van der Waals surface area contributed by atoms with Gasteiger partial charge in [-0.3, -0.25) is 9.59 Å². The van der Waals surface area contributed by atoms with E-state index in [0.29, 0.717) is 32.1 Å². The van der Waals surface area contributed by atoms with E-state index in [-0.39, 0.29) is 23.3 Å². The van der Waals surface area contributed by atoms with Gasteiger partial charge in [0.15, 0.2) is 0 Å². The fraction of sp³-hybridized carbons (Fsp3) is 0.619. The van der Waals surface area contributed by atoms with Crippen LogP contribution in [0.4, 0.5) is 5.69 Å². The van der Waals surface area contributed by atoms with Crippen LogP contribution in [0.2, 0.25) is 0 Å². The van der Waals surface area contributed by atoms with E-state index >= 15 is 0 Å². The number of para-hydroxylation sites is 2. The number of rotatable bonds is 4. The molecule has 2 amide bonds. The molecule has 0 spiro atoms.